The molecule has 0 bridgehead atoms. The molecule has 1 aromatic heterocycles. The van der Waals surface area contributed by atoms with Gasteiger partial charge >= 0.3 is 0 Å². The van der Waals surface area contributed by atoms with Gasteiger partial charge in [-0.15, -0.1) is 11.6 Å². The van der Waals surface area contributed by atoms with Gasteiger partial charge in [-0.3, -0.25) is 0 Å². The SMILES string of the molecule is CC(Cl)c1nc2c(cc1F)OCCO2. The van der Waals surface area contributed by atoms with Crippen molar-refractivity contribution in [2.75, 3.05) is 13.2 Å². The van der Waals surface area contributed by atoms with E-state index >= 15 is 0 Å². The number of fused-ring (bicyclic) bond motifs is 1. The summed E-state index contributed by atoms with van der Waals surface area (Å²) >= 11 is 5.75. The van der Waals surface area contributed by atoms with Gasteiger partial charge < -0.3 is 9.47 Å². The molecule has 0 amide bonds. The van der Waals surface area contributed by atoms with Crippen molar-refractivity contribution in [2.45, 2.75) is 12.3 Å². The first kappa shape index (κ1) is 9.52. The molecule has 1 aromatic rings. The van der Waals surface area contributed by atoms with Crippen LogP contribution in [0.25, 0.3) is 0 Å². The second kappa shape index (κ2) is 3.61. The maximum absolute atomic E-state index is 13.3. The molecule has 1 aliphatic heterocycles. The van der Waals surface area contributed by atoms with E-state index in [-0.39, 0.29) is 5.69 Å². The summed E-state index contributed by atoms with van der Waals surface area (Å²) in [4.78, 5) is 3.96. The quantitative estimate of drug-likeness (QED) is 0.677. The summed E-state index contributed by atoms with van der Waals surface area (Å²) in [5.74, 6) is 0.201. The lowest BCUT2D eigenvalue weighted by molar-refractivity contribution is 0.162. The van der Waals surface area contributed by atoms with Crippen molar-refractivity contribution in [3.63, 3.8) is 0 Å². The Balaban J connectivity index is 2.45. The number of pyridine rings is 1. The zero-order valence-electron chi connectivity index (χ0n) is 7.59. The summed E-state index contributed by atoms with van der Waals surface area (Å²) < 4.78 is 23.7. The van der Waals surface area contributed by atoms with Crippen molar-refractivity contribution in [1.29, 1.82) is 0 Å². The summed E-state index contributed by atoms with van der Waals surface area (Å²) in [6.07, 6.45) is 0. The van der Waals surface area contributed by atoms with E-state index in [9.17, 15) is 4.39 Å². The summed E-state index contributed by atoms with van der Waals surface area (Å²) in [7, 11) is 0. The Bertz CT molecular complexity index is 357. The zero-order valence-corrected chi connectivity index (χ0v) is 8.34. The van der Waals surface area contributed by atoms with Gasteiger partial charge in [-0.05, 0) is 6.92 Å². The number of rotatable bonds is 1. The van der Waals surface area contributed by atoms with Gasteiger partial charge in [0.15, 0.2) is 5.75 Å². The number of aromatic nitrogens is 1. The van der Waals surface area contributed by atoms with Crippen LogP contribution in [0.1, 0.15) is 18.0 Å². The largest absolute Gasteiger partial charge is 0.484 e. The van der Waals surface area contributed by atoms with Crippen molar-refractivity contribution in [3.8, 4) is 11.6 Å². The molecule has 2 rings (SSSR count). The second-order valence-electron chi connectivity index (χ2n) is 2.97. The summed E-state index contributed by atoms with van der Waals surface area (Å²) in [6.45, 7) is 2.51. The second-order valence-corrected chi connectivity index (χ2v) is 3.63. The molecule has 1 aliphatic rings. The zero-order chi connectivity index (χ0) is 10.1. The average Bonchev–Trinajstić information content (AvgIpc) is 2.16. The molecule has 5 heteroatoms. The summed E-state index contributed by atoms with van der Waals surface area (Å²) in [5, 5.41) is -0.481. The lowest BCUT2D eigenvalue weighted by Crippen LogP contribution is -2.17. The molecule has 0 spiro atoms. The number of halogens is 2. The molecule has 0 fully saturated rings. The molecule has 0 N–H and O–H groups in total. The highest BCUT2D eigenvalue weighted by atomic mass is 35.5. The normalized spacial score (nSPS) is 16.5. The number of hydrogen-bond donors (Lipinski definition) is 0. The monoisotopic (exact) mass is 217 g/mol. The fourth-order valence-electron chi connectivity index (χ4n) is 1.24. The lowest BCUT2D eigenvalue weighted by atomic mass is 10.2. The van der Waals surface area contributed by atoms with Gasteiger partial charge in [-0.2, -0.15) is 0 Å². The molecular formula is C9H9ClFNO2. The fraction of sp³-hybridized carbons (Fsp3) is 0.444. The van der Waals surface area contributed by atoms with E-state index in [0.717, 1.165) is 0 Å². The molecule has 14 heavy (non-hydrogen) atoms. The van der Waals surface area contributed by atoms with Crippen molar-refractivity contribution in [1.82, 2.24) is 4.98 Å². The molecule has 1 unspecified atom stereocenters. The van der Waals surface area contributed by atoms with Crippen LogP contribution in [-0.4, -0.2) is 18.2 Å². The summed E-state index contributed by atoms with van der Waals surface area (Å²) in [5.41, 5.74) is 0.191. The first-order chi connectivity index (χ1) is 6.68. The maximum atomic E-state index is 13.3. The minimum Gasteiger partial charge on any atom is -0.484 e. The van der Waals surface area contributed by atoms with Crippen LogP contribution in [0.15, 0.2) is 6.07 Å². The number of nitrogens with zero attached hydrogens (tertiary/aromatic N) is 1. The Morgan fingerprint density at radius 2 is 2.21 bits per heavy atom. The lowest BCUT2D eigenvalue weighted by Gasteiger charge is -2.18. The first-order valence-corrected chi connectivity index (χ1v) is 4.72. The molecule has 0 aromatic carbocycles. The molecule has 1 atom stereocenters. The molecule has 0 aliphatic carbocycles. The van der Waals surface area contributed by atoms with E-state index in [1.54, 1.807) is 6.92 Å². The van der Waals surface area contributed by atoms with Crippen LogP contribution in [0.4, 0.5) is 4.39 Å². The molecule has 0 saturated carbocycles. The van der Waals surface area contributed by atoms with Gasteiger partial charge in [-0.25, -0.2) is 9.37 Å². The van der Waals surface area contributed by atoms with Crippen LogP contribution in [0.2, 0.25) is 0 Å². The van der Waals surface area contributed by atoms with Crippen LogP contribution in [0.5, 0.6) is 11.6 Å². The van der Waals surface area contributed by atoms with E-state index in [2.05, 4.69) is 4.98 Å². The van der Waals surface area contributed by atoms with Crippen LogP contribution in [-0.2, 0) is 0 Å². The third-order valence-electron chi connectivity index (χ3n) is 1.89. The fourth-order valence-corrected chi connectivity index (χ4v) is 1.40. The van der Waals surface area contributed by atoms with Crippen LogP contribution < -0.4 is 9.47 Å². The predicted molar refractivity (Wildman–Crippen MR) is 49.5 cm³/mol. The Kier molecular flexibility index (Phi) is 2.46. The molecule has 3 nitrogen and oxygen atoms in total. The molecule has 76 valence electrons. The smallest absolute Gasteiger partial charge is 0.257 e. The third-order valence-corrected chi connectivity index (χ3v) is 2.10. The van der Waals surface area contributed by atoms with Gasteiger partial charge in [-0.1, -0.05) is 0 Å². The highest BCUT2D eigenvalue weighted by Crippen LogP contribution is 2.32. The highest BCUT2D eigenvalue weighted by Gasteiger charge is 2.19. The standard InChI is InChI=1S/C9H9ClFNO2/c1-5(10)8-6(11)4-7-9(12-8)14-3-2-13-7/h4-5H,2-3H2,1H3. The van der Waals surface area contributed by atoms with Gasteiger partial charge in [0.05, 0.1) is 11.1 Å². The predicted octanol–water partition coefficient (Wildman–Crippen LogP) is 2.29. The average molecular weight is 218 g/mol. The van der Waals surface area contributed by atoms with Crippen molar-refractivity contribution < 1.29 is 13.9 Å². The van der Waals surface area contributed by atoms with E-state index in [4.69, 9.17) is 21.1 Å². The van der Waals surface area contributed by atoms with E-state index in [0.29, 0.717) is 24.8 Å². The van der Waals surface area contributed by atoms with Crippen molar-refractivity contribution >= 4 is 11.6 Å². The number of ether oxygens (including phenoxy) is 2. The minimum absolute atomic E-state index is 0.191. The summed E-state index contributed by atoms with van der Waals surface area (Å²) in [6, 6.07) is 1.26. The third kappa shape index (κ3) is 1.62. The van der Waals surface area contributed by atoms with E-state index in [1.807, 2.05) is 0 Å². The van der Waals surface area contributed by atoms with Crippen LogP contribution in [0.3, 0.4) is 0 Å². The Morgan fingerprint density at radius 3 is 2.93 bits per heavy atom. The van der Waals surface area contributed by atoms with Crippen molar-refractivity contribution in [2.24, 2.45) is 0 Å². The maximum Gasteiger partial charge on any atom is 0.257 e. The Morgan fingerprint density at radius 1 is 1.50 bits per heavy atom. The number of alkyl halides is 1. The molecule has 2 heterocycles. The number of hydrogen-bond acceptors (Lipinski definition) is 3. The Hall–Kier alpha value is -1.03. The van der Waals surface area contributed by atoms with Gasteiger partial charge in [0, 0.05) is 6.07 Å². The van der Waals surface area contributed by atoms with E-state index in [1.165, 1.54) is 6.07 Å². The van der Waals surface area contributed by atoms with E-state index < -0.39 is 11.2 Å². The molecular weight excluding hydrogens is 209 g/mol. The molecule has 0 saturated heterocycles. The van der Waals surface area contributed by atoms with Crippen LogP contribution in [0, 0.1) is 5.82 Å². The van der Waals surface area contributed by atoms with Gasteiger partial charge in [0.2, 0.25) is 0 Å². The topological polar surface area (TPSA) is 31.4 Å². The molecule has 0 radical (unpaired) electrons. The van der Waals surface area contributed by atoms with Crippen LogP contribution >= 0.6 is 11.6 Å². The highest BCUT2D eigenvalue weighted by molar-refractivity contribution is 6.20. The van der Waals surface area contributed by atoms with Gasteiger partial charge in [0.1, 0.15) is 19.0 Å². The first-order valence-electron chi connectivity index (χ1n) is 4.28. The minimum atomic E-state index is -0.481. The van der Waals surface area contributed by atoms with Crippen molar-refractivity contribution in [3.05, 3.63) is 17.6 Å². The van der Waals surface area contributed by atoms with Gasteiger partial charge in [0.25, 0.3) is 5.88 Å². The Labute approximate surface area is 85.8 Å².